The fourth-order valence-electron chi connectivity index (χ4n) is 2.91. The number of nitrogens with zero attached hydrogens (tertiary/aromatic N) is 1. The van der Waals surface area contributed by atoms with Crippen LogP contribution in [0.1, 0.15) is 27.6 Å². The Morgan fingerprint density at radius 2 is 1.55 bits per heavy atom. The van der Waals surface area contributed by atoms with Crippen molar-refractivity contribution in [2.45, 2.75) is 6.92 Å². The first-order valence-corrected chi connectivity index (χ1v) is 9.12. The zero-order valence-electron chi connectivity index (χ0n) is 15.8. The second-order valence-electron chi connectivity index (χ2n) is 6.53. The Kier molecular flexibility index (Phi) is 5.11. The number of nitrogens with one attached hydrogen (secondary N) is 2. The van der Waals surface area contributed by atoms with Crippen LogP contribution in [-0.4, -0.2) is 29.9 Å². The van der Waals surface area contributed by atoms with Crippen LogP contribution in [0.15, 0.2) is 60.9 Å². The molecule has 2 aromatic carbocycles. The Bertz CT molecular complexity index is 1060. The molecule has 2 heterocycles. The zero-order chi connectivity index (χ0) is 20.2. The molecule has 1 amide bonds. The molecule has 146 valence electrons. The van der Waals surface area contributed by atoms with Crippen molar-refractivity contribution in [1.82, 2.24) is 4.98 Å². The third-order valence-electron chi connectivity index (χ3n) is 4.38. The van der Waals surface area contributed by atoms with Crippen LogP contribution in [0.2, 0.25) is 0 Å². The average Bonchev–Trinajstić information content (AvgIpc) is 2.74. The van der Waals surface area contributed by atoms with Gasteiger partial charge >= 0.3 is 0 Å². The van der Waals surface area contributed by atoms with Gasteiger partial charge in [0.2, 0.25) is 0 Å². The van der Waals surface area contributed by atoms with Crippen molar-refractivity contribution in [2.24, 2.45) is 0 Å². The Hall–Kier alpha value is -3.87. The van der Waals surface area contributed by atoms with E-state index in [0.717, 1.165) is 5.69 Å². The second-order valence-corrected chi connectivity index (χ2v) is 6.53. The van der Waals surface area contributed by atoms with Gasteiger partial charge in [0.1, 0.15) is 13.2 Å². The molecule has 7 heteroatoms. The van der Waals surface area contributed by atoms with Gasteiger partial charge in [0.25, 0.3) is 5.91 Å². The summed E-state index contributed by atoms with van der Waals surface area (Å²) >= 11 is 0. The molecule has 4 rings (SSSR count). The van der Waals surface area contributed by atoms with Crippen molar-refractivity contribution in [3.63, 3.8) is 0 Å². The number of Topliss-reactive ketones (excluding diaryl/α,β-unsaturated/α-hetero) is 1. The van der Waals surface area contributed by atoms with E-state index in [2.05, 4.69) is 15.6 Å². The van der Waals surface area contributed by atoms with Crippen LogP contribution < -0.4 is 20.1 Å². The number of aromatic nitrogens is 1. The highest BCUT2D eigenvalue weighted by atomic mass is 16.6. The molecule has 0 radical (unpaired) electrons. The number of amides is 1. The van der Waals surface area contributed by atoms with E-state index in [1.54, 1.807) is 36.5 Å². The van der Waals surface area contributed by atoms with Gasteiger partial charge in [-0.2, -0.15) is 0 Å². The number of ketones is 1. The molecular weight excluding hydrogens is 370 g/mol. The Labute approximate surface area is 167 Å². The quantitative estimate of drug-likeness (QED) is 0.640. The molecule has 0 unspecified atom stereocenters. The van der Waals surface area contributed by atoms with E-state index in [1.807, 2.05) is 18.2 Å². The highest BCUT2D eigenvalue weighted by Gasteiger charge is 2.13. The number of carbonyl (C=O) groups excluding carboxylic acids is 2. The molecule has 0 bridgehead atoms. The van der Waals surface area contributed by atoms with Crippen molar-refractivity contribution in [1.29, 1.82) is 0 Å². The molecule has 0 aliphatic carbocycles. The minimum atomic E-state index is -0.293. The van der Waals surface area contributed by atoms with Crippen LogP contribution in [-0.2, 0) is 0 Å². The lowest BCUT2D eigenvalue weighted by Gasteiger charge is -2.19. The summed E-state index contributed by atoms with van der Waals surface area (Å²) in [4.78, 5) is 28.0. The van der Waals surface area contributed by atoms with Crippen LogP contribution in [0, 0.1) is 0 Å². The summed E-state index contributed by atoms with van der Waals surface area (Å²) < 4.78 is 11.1. The van der Waals surface area contributed by atoms with Crippen molar-refractivity contribution >= 4 is 28.8 Å². The van der Waals surface area contributed by atoms with Crippen LogP contribution in [0.3, 0.4) is 0 Å². The first-order valence-electron chi connectivity index (χ1n) is 9.12. The number of carbonyl (C=O) groups is 2. The number of anilines is 3. The number of ether oxygens (including phenoxy) is 2. The molecule has 7 nitrogen and oxygen atoms in total. The molecule has 0 spiro atoms. The van der Waals surface area contributed by atoms with E-state index < -0.39 is 0 Å². The van der Waals surface area contributed by atoms with Gasteiger partial charge in [-0.15, -0.1) is 0 Å². The fourth-order valence-corrected chi connectivity index (χ4v) is 2.91. The van der Waals surface area contributed by atoms with Crippen molar-refractivity contribution in [2.75, 3.05) is 23.8 Å². The van der Waals surface area contributed by atoms with Crippen molar-refractivity contribution in [3.05, 3.63) is 72.1 Å². The van der Waals surface area contributed by atoms with E-state index in [4.69, 9.17) is 9.47 Å². The van der Waals surface area contributed by atoms with Gasteiger partial charge in [0.05, 0.1) is 17.4 Å². The summed E-state index contributed by atoms with van der Waals surface area (Å²) in [5.74, 6) is 1.07. The van der Waals surface area contributed by atoms with Gasteiger partial charge in [0.15, 0.2) is 17.3 Å². The first kappa shape index (κ1) is 18.5. The molecule has 0 atom stereocenters. The van der Waals surface area contributed by atoms with Gasteiger partial charge in [-0.1, -0.05) is 0 Å². The molecule has 1 aliphatic heterocycles. The largest absolute Gasteiger partial charge is 0.486 e. The van der Waals surface area contributed by atoms with Crippen LogP contribution in [0.25, 0.3) is 0 Å². The predicted octanol–water partition coefficient (Wildman–Crippen LogP) is 4.05. The van der Waals surface area contributed by atoms with Crippen molar-refractivity contribution < 1.29 is 19.1 Å². The minimum absolute atomic E-state index is 0.0232. The highest BCUT2D eigenvalue weighted by Crippen LogP contribution is 2.33. The summed E-state index contributed by atoms with van der Waals surface area (Å²) in [7, 11) is 0. The number of fused-ring (bicyclic) bond motifs is 1. The van der Waals surface area contributed by atoms with Crippen LogP contribution in [0.4, 0.5) is 17.1 Å². The van der Waals surface area contributed by atoms with Crippen LogP contribution in [0.5, 0.6) is 11.5 Å². The lowest BCUT2D eigenvalue weighted by molar-refractivity contribution is 0.101. The van der Waals surface area contributed by atoms with Gasteiger partial charge in [-0.3, -0.25) is 14.6 Å². The lowest BCUT2D eigenvalue weighted by Crippen LogP contribution is -2.15. The van der Waals surface area contributed by atoms with E-state index in [-0.39, 0.29) is 11.7 Å². The minimum Gasteiger partial charge on any atom is -0.486 e. The number of hydrogen-bond acceptors (Lipinski definition) is 6. The van der Waals surface area contributed by atoms with Gasteiger partial charge in [0, 0.05) is 29.2 Å². The molecular formula is C22H19N3O4. The summed E-state index contributed by atoms with van der Waals surface area (Å²) in [5.41, 5.74) is 3.07. The molecule has 0 fully saturated rings. The Morgan fingerprint density at radius 1 is 0.828 bits per heavy atom. The van der Waals surface area contributed by atoms with Gasteiger partial charge < -0.3 is 20.1 Å². The topological polar surface area (TPSA) is 89.6 Å². The zero-order valence-corrected chi connectivity index (χ0v) is 15.8. The monoisotopic (exact) mass is 389 g/mol. The molecule has 2 N–H and O–H groups in total. The SMILES string of the molecule is CC(=O)c1ccc(NC(=O)c2cncc(Nc3ccc4c(c3)OCCO4)c2)cc1. The third kappa shape index (κ3) is 4.35. The standard InChI is InChI=1S/C22H19N3O4/c1-14(26)15-2-4-17(5-3-15)25-22(27)16-10-19(13-23-12-16)24-18-6-7-20-21(11-18)29-9-8-28-20/h2-7,10-13,24H,8-9H2,1H3,(H,25,27). The number of benzene rings is 2. The molecule has 0 saturated carbocycles. The van der Waals surface area contributed by atoms with E-state index >= 15 is 0 Å². The maximum atomic E-state index is 12.5. The summed E-state index contributed by atoms with van der Waals surface area (Å²) in [5, 5.41) is 6.02. The summed E-state index contributed by atoms with van der Waals surface area (Å²) in [6.45, 7) is 2.55. The summed E-state index contributed by atoms with van der Waals surface area (Å²) in [6, 6.07) is 14.0. The van der Waals surface area contributed by atoms with Crippen LogP contribution >= 0.6 is 0 Å². The average molecular weight is 389 g/mol. The molecule has 1 aliphatic rings. The lowest BCUT2D eigenvalue weighted by atomic mass is 10.1. The smallest absolute Gasteiger partial charge is 0.257 e. The van der Waals surface area contributed by atoms with E-state index in [9.17, 15) is 9.59 Å². The van der Waals surface area contributed by atoms with Gasteiger partial charge in [-0.05, 0) is 49.4 Å². The number of hydrogen-bond donors (Lipinski definition) is 2. The van der Waals surface area contributed by atoms with Crippen molar-refractivity contribution in [3.8, 4) is 11.5 Å². The van der Waals surface area contributed by atoms with E-state index in [0.29, 0.717) is 47.2 Å². The molecule has 0 saturated heterocycles. The first-order chi connectivity index (χ1) is 14.1. The fraction of sp³-hybridized carbons (Fsp3) is 0.136. The Balaban J connectivity index is 1.46. The predicted molar refractivity (Wildman–Crippen MR) is 109 cm³/mol. The summed E-state index contributed by atoms with van der Waals surface area (Å²) in [6.07, 6.45) is 3.13. The van der Waals surface area contributed by atoms with Gasteiger partial charge in [-0.25, -0.2) is 0 Å². The third-order valence-corrected chi connectivity index (χ3v) is 4.38. The normalized spacial score (nSPS) is 12.2. The Morgan fingerprint density at radius 3 is 2.31 bits per heavy atom. The maximum absolute atomic E-state index is 12.5. The number of rotatable bonds is 5. The molecule has 1 aromatic heterocycles. The maximum Gasteiger partial charge on any atom is 0.257 e. The van der Waals surface area contributed by atoms with E-state index in [1.165, 1.54) is 13.1 Å². The number of pyridine rings is 1. The molecule has 3 aromatic rings. The second kappa shape index (κ2) is 8.02. The highest BCUT2D eigenvalue weighted by molar-refractivity contribution is 6.05. The molecule has 29 heavy (non-hydrogen) atoms.